The molecule has 0 saturated heterocycles. The topological polar surface area (TPSA) is 83.7 Å². The van der Waals surface area contributed by atoms with Crippen molar-refractivity contribution in [1.29, 1.82) is 0 Å². The molecule has 2 aromatic rings. The standard InChI is InChI=1S/C15H12N2O4/c18-15(19)16-9-13(10-4-2-1-3-5-10)12-8-11(17(20)21)6-7-14(12)16/h1-8,13H,9H2,(H,18,19). The van der Waals surface area contributed by atoms with Gasteiger partial charge in [-0.25, -0.2) is 4.79 Å². The number of hydrogen-bond acceptors (Lipinski definition) is 3. The molecule has 2 aromatic carbocycles. The van der Waals surface area contributed by atoms with Crippen LogP contribution in [0.2, 0.25) is 0 Å². The van der Waals surface area contributed by atoms with Gasteiger partial charge in [0.1, 0.15) is 0 Å². The first kappa shape index (κ1) is 13.1. The van der Waals surface area contributed by atoms with Crippen molar-refractivity contribution in [2.75, 3.05) is 11.4 Å². The summed E-state index contributed by atoms with van der Waals surface area (Å²) >= 11 is 0. The lowest BCUT2D eigenvalue weighted by atomic mass is 9.93. The second-order valence-electron chi connectivity index (χ2n) is 4.86. The van der Waals surface area contributed by atoms with E-state index in [-0.39, 0.29) is 18.2 Å². The van der Waals surface area contributed by atoms with Crippen LogP contribution in [0.4, 0.5) is 16.2 Å². The number of rotatable bonds is 2. The third-order valence-corrected chi connectivity index (χ3v) is 3.69. The summed E-state index contributed by atoms with van der Waals surface area (Å²) < 4.78 is 0. The highest BCUT2D eigenvalue weighted by Crippen LogP contribution is 2.41. The summed E-state index contributed by atoms with van der Waals surface area (Å²) in [4.78, 5) is 23.1. The van der Waals surface area contributed by atoms with E-state index >= 15 is 0 Å². The second kappa shape index (κ2) is 4.90. The van der Waals surface area contributed by atoms with Crippen molar-refractivity contribution in [2.24, 2.45) is 0 Å². The summed E-state index contributed by atoms with van der Waals surface area (Å²) in [6, 6.07) is 13.7. The van der Waals surface area contributed by atoms with Crippen LogP contribution in [-0.4, -0.2) is 22.7 Å². The van der Waals surface area contributed by atoms with E-state index in [9.17, 15) is 20.0 Å². The van der Waals surface area contributed by atoms with Gasteiger partial charge >= 0.3 is 6.09 Å². The molecule has 106 valence electrons. The number of hydrogen-bond donors (Lipinski definition) is 1. The monoisotopic (exact) mass is 284 g/mol. The zero-order valence-corrected chi connectivity index (χ0v) is 11.0. The number of non-ortho nitro benzene ring substituents is 1. The lowest BCUT2D eigenvalue weighted by Crippen LogP contribution is -2.27. The van der Waals surface area contributed by atoms with Gasteiger partial charge in [-0.05, 0) is 17.2 Å². The quantitative estimate of drug-likeness (QED) is 0.677. The number of anilines is 1. The molecule has 0 spiro atoms. The van der Waals surface area contributed by atoms with Gasteiger partial charge < -0.3 is 5.11 Å². The molecule has 21 heavy (non-hydrogen) atoms. The fourth-order valence-electron chi connectivity index (χ4n) is 2.71. The van der Waals surface area contributed by atoms with Crippen LogP contribution in [0.3, 0.4) is 0 Å². The molecule has 0 fully saturated rings. The maximum absolute atomic E-state index is 11.4. The molecule has 0 aliphatic carbocycles. The third-order valence-electron chi connectivity index (χ3n) is 3.69. The van der Waals surface area contributed by atoms with E-state index < -0.39 is 11.0 Å². The molecular weight excluding hydrogens is 272 g/mol. The van der Waals surface area contributed by atoms with Crippen LogP contribution in [0.1, 0.15) is 17.0 Å². The number of carboxylic acid groups (broad SMARTS) is 1. The summed E-state index contributed by atoms with van der Waals surface area (Å²) in [5, 5.41) is 20.2. The largest absolute Gasteiger partial charge is 0.465 e. The van der Waals surface area contributed by atoms with Gasteiger partial charge in [-0.1, -0.05) is 30.3 Å². The number of carbonyl (C=O) groups is 1. The maximum Gasteiger partial charge on any atom is 0.411 e. The zero-order valence-electron chi connectivity index (χ0n) is 11.0. The van der Waals surface area contributed by atoms with Gasteiger partial charge in [-0.2, -0.15) is 0 Å². The Hall–Kier alpha value is -2.89. The molecule has 1 aliphatic heterocycles. The van der Waals surface area contributed by atoms with E-state index in [2.05, 4.69) is 0 Å². The van der Waals surface area contributed by atoms with Gasteiger partial charge in [0.25, 0.3) is 5.69 Å². The van der Waals surface area contributed by atoms with Crippen LogP contribution in [0.25, 0.3) is 0 Å². The van der Waals surface area contributed by atoms with Gasteiger partial charge in [0.2, 0.25) is 0 Å². The number of benzene rings is 2. The smallest absolute Gasteiger partial charge is 0.411 e. The fourth-order valence-corrected chi connectivity index (χ4v) is 2.71. The van der Waals surface area contributed by atoms with Gasteiger partial charge in [0.05, 0.1) is 10.6 Å². The van der Waals surface area contributed by atoms with Crippen molar-refractivity contribution in [3.05, 3.63) is 69.8 Å². The molecule has 0 saturated carbocycles. The lowest BCUT2D eigenvalue weighted by molar-refractivity contribution is -0.384. The Bertz CT molecular complexity index is 715. The highest BCUT2D eigenvalue weighted by molar-refractivity contribution is 5.90. The minimum absolute atomic E-state index is 0.0260. The minimum Gasteiger partial charge on any atom is -0.465 e. The maximum atomic E-state index is 11.4. The first-order chi connectivity index (χ1) is 10.1. The van der Waals surface area contributed by atoms with Gasteiger partial charge in [0.15, 0.2) is 0 Å². The van der Waals surface area contributed by atoms with Crippen molar-refractivity contribution in [3.63, 3.8) is 0 Å². The molecule has 6 nitrogen and oxygen atoms in total. The van der Waals surface area contributed by atoms with Crippen molar-refractivity contribution < 1.29 is 14.8 Å². The molecule has 1 heterocycles. The summed E-state index contributed by atoms with van der Waals surface area (Å²) in [5.41, 5.74) is 2.12. The van der Waals surface area contributed by atoms with E-state index in [0.717, 1.165) is 5.56 Å². The van der Waals surface area contributed by atoms with E-state index in [0.29, 0.717) is 11.3 Å². The molecule has 1 N–H and O–H groups in total. The summed E-state index contributed by atoms with van der Waals surface area (Å²) in [6.45, 7) is 0.274. The summed E-state index contributed by atoms with van der Waals surface area (Å²) in [6.07, 6.45) is -1.05. The predicted octanol–water partition coefficient (Wildman–Crippen LogP) is 3.22. The average molecular weight is 284 g/mol. The molecule has 3 rings (SSSR count). The normalized spacial score (nSPS) is 16.6. The first-order valence-corrected chi connectivity index (χ1v) is 6.41. The Kier molecular flexibility index (Phi) is 3.06. The van der Waals surface area contributed by atoms with Crippen LogP contribution in [-0.2, 0) is 0 Å². The van der Waals surface area contributed by atoms with Crippen LogP contribution >= 0.6 is 0 Å². The van der Waals surface area contributed by atoms with Crippen molar-refractivity contribution >= 4 is 17.5 Å². The molecule has 0 aromatic heterocycles. The van der Waals surface area contributed by atoms with E-state index in [4.69, 9.17) is 0 Å². The molecular formula is C15H12N2O4. The molecule has 1 atom stereocenters. The number of amides is 1. The van der Waals surface area contributed by atoms with Crippen molar-refractivity contribution in [2.45, 2.75) is 5.92 Å². The number of nitro benzene ring substituents is 1. The van der Waals surface area contributed by atoms with Crippen LogP contribution in [0.5, 0.6) is 0 Å². The van der Waals surface area contributed by atoms with Crippen molar-refractivity contribution in [1.82, 2.24) is 0 Å². The first-order valence-electron chi connectivity index (χ1n) is 6.41. The van der Waals surface area contributed by atoms with Crippen LogP contribution in [0, 0.1) is 10.1 Å². The van der Waals surface area contributed by atoms with E-state index in [1.54, 1.807) is 0 Å². The third kappa shape index (κ3) is 2.20. The number of nitrogens with zero attached hydrogens (tertiary/aromatic N) is 2. The summed E-state index contributed by atoms with van der Waals surface area (Å²) in [7, 11) is 0. The van der Waals surface area contributed by atoms with Gasteiger partial charge in [0, 0.05) is 24.6 Å². The molecule has 0 radical (unpaired) electrons. The Labute approximate surface area is 120 Å². The van der Waals surface area contributed by atoms with Crippen molar-refractivity contribution in [3.8, 4) is 0 Å². The molecule has 1 amide bonds. The van der Waals surface area contributed by atoms with Crippen LogP contribution in [0.15, 0.2) is 48.5 Å². The van der Waals surface area contributed by atoms with Crippen LogP contribution < -0.4 is 4.90 Å². The Balaban J connectivity index is 2.13. The second-order valence-corrected chi connectivity index (χ2v) is 4.86. The Morgan fingerprint density at radius 2 is 1.95 bits per heavy atom. The Morgan fingerprint density at radius 3 is 2.57 bits per heavy atom. The lowest BCUT2D eigenvalue weighted by Gasteiger charge is -2.13. The Morgan fingerprint density at radius 1 is 1.24 bits per heavy atom. The fraction of sp³-hybridized carbons (Fsp3) is 0.133. The summed E-state index contributed by atoms with van der Waals surface area (Å²) in [5.74, 6) is -0.183. The number of nitro groups is 1. The number of fused-ring (bicyclic) bond motifs is 1. The van der Waals surface area contributed by atoms with E-state index in [1.807, 2.05) is 30.3 Å². The van der Waals surface area contributed by atoms with E-state index in [1.165, 1.54) is 23.1 Å². The molecule has 1 aliphatic rings. The minimum atomic E-state index is -1.05. The highest BCUT2D eigenvalue weighted by Gasteiger charge is 2.34. The molecule has 6 heteroatoms. The SMILES string of the molecule is O=C(O)N1CC(c2ccccc2)c2cc([N+](=O)[O-])ccc21. The average Bonchev–Trinajstić information content (AvgIpc) is 2.87. The highest BCUT2D eigenvalue weighted by atomic mass is 16.6. The molecule has 0 bridgehead atoms. The van der Waals surface area contributed by atoms with Gasteiger partial charge in [-0.15, -0.1) is 0 Å². The zero-order chi connectivity index (χ0) is 15.0. The predicted molar refractivity (Wildman–Crippen MR) is 76.8 cm³/mol. The molecule has 1 unspecified atom stereocenters. The van der Waals surface area contributed by atoms with Gasteiger partial charge in [-0.3, -0.25) is 15.0 Å².